The second-order valence-electron chi connectivity index (χ2n) is 4.25. The third-order valence-electron chi connectivity index (χ3n) is 2.58. The first-order valence-electron chi connectivity index (χ1n) is 5.86. The number of nitrogens with zero attached hydrogens (tertiary/aromatic N) is 1. The highest BCUT2D eigenvalue weighted by molar-refractivity contribution is 9.11. The number of rotatable bonds is 5. The lowest BCUT2D eigenvalue weighted by Crippen LogP contribution is -2.25. The summed E-state index contributed by atoms with van der Waals surface area (Å²) in [7, 11) is 1.73. The van der Waals surface area contributed by atoms with Crippen molar-refractivity contribution in [1.82, 2.24) is 4.90 Å². The van der Waals surface area contributed by atoms with E-state index in [9.17, 15) is 9.59 Å². The minimum Gasteiger partial charge on any atom is -0.346 e. The molecule has 6 heteroatoms. The number of anilines is 1. The number of carbonyl (C=O) groups excluding carboxylic acids is 2. The van der Waals surface area contributed by atoms with Crippen LogP contribution in [0.25, 0.3) is 0 Å². The van der Waals surface area contributed by atoms with Gasteiger partial charge in [-0.25, -0.2) is 0 Å². The lowest BCUT2D eigenvalue weighted by atomic mass is 10.2. The number of halogens is 2. The Bertz CT molecular complexity index is 457. The van der Waals surface area contributed by atoms with E-state index in [4.69, 9.17) is 0 Å². The first kappa shape index (κ1) is 16.2. The van der Waals surface area contributed by atoms with Gasteiger partial charge < -0.3 is 10.2 Å². The molecule has 19 heavy (non-hydrogen) atoms. The standard InChI is InChI=1S/C13H16Br2N2O2/c1-9(18)17(2)5-3-4-13(19)16-12-7-10(14)6-11(15)8-12/h6-8H,3-5H2,1-2H3,(H,16,19). The van der Waals surface area contributed by atoms with Gasteiger partial charge in [0.2, 0.25) is 11.8 Å². The predicted octanol–water partition coefficient (Wildman–Crippen LogP) is 3.41. The van der Waals surface area contributed by atoms with Crippen molar-refractivity contribution in [3.05, 3.63) is 27.1 Å². The molecule has 0 fully saturated rings. The van der Waals surface area contributed by atoms with Gasteiger partial charge in [-0.2, -0.15) is 0 Å². The third-order valence-corrected chi connectivity index (χ3v) is 3.50. The van der Waals surface area contributed by atoms with E-state index in [-0.39, 0.29) is 11.8 Å². The van der Waals surface area contributed by atoms with E-state index in [0.717, 1.165) is 14.6 Å². The number of hydrogen-bond donors (Lipinski definition) is 1. The largest absolute Gasteiger partial charge is 0.346 e. The number of amides is 2. The fraction of sp³-hybridized carbons (Fsp3) is 0.385. The molecule has 0 radical (unpaired) electrons. The molecular weight excluding hydrogens is 376 g/mol. The van der Waals surface area contributed by atoms with Crippen molar-refractivity contribution < 1.29 is 9.59 Å². The van der Waals surface area contributed by atoms with E-state index in [0.29, 0.717) is 19.4 Å². The molecule has 0 saturated heterocycles. The van der Waals surface area contributed by atoms with Crippen LogP contribution in [-0.4, -0.2) is 30.3 Å². The normalized spacial score (nSPS) is 10.1. The van der Waals surface area contributed by atoms with Gasteiger partial charge in [-0.1, -0.05) is 31.9 Å². The summed E-state index contributed by atoms with van der Waals surface area (Å²) in [6.45, 7) is 2.10. The van der Waals surface area contributed by atoms with Gasteiger partial charge in [0.05, 0.1) is 0 Å². The quantitative estimate of drug-likeness (QED) is 0.835. The molecular formula is C13H16Br2N2O2. The highest BCUT2D eigenvalue weighted by atomic mass is 79.9. The van der Waals surface area contributed by atoms with Crippen molar-refractivity contribution >= 4 is 49.4 Å². The molecule has 1 rings (SSSR count). The van der Waals surface area contributed by atoms with E-state index >= 15 is 0 Å². The van der Waals surface area contributed by atoms with Gasteiger partial charge in [0, 0.05) is 41.6 Å². The minimum absolute atomic E-state index is 0.0105. The van der Waals surface area contributed by atoms with E-state index < -0.39 is 0 Å². The summed E-state index contributed by atoms with van der Waals surface area (Å²) < 4.78 is 1.79. The Morgan fingerprint density at radius 1 is 1.21 bits per heavy atom. The summed E-state index contributed by atoms with van der Waals surface area (Å²) in [5.41, 5.74) is 0.742. The fourth-order valence-electron chi connectivity index (χ4n) is 1.48. The van der Waals surface area contributed by atoms with Crippen molar-refractivity contribution in [2.75, 3.05) is 18.9 Å². The van der Waals surface area contributed by atoms with Gasteiger partial charge in [0.15, 0.2) is 0 Å². The van der Waals surface area contributed by atoms with Crippen molar-refractivity contribution in [1.29, 1.82) is 0 Å². The molecule has 4 nitrogen and oxygen atoms in total. The highest BCUT2D eigenvalue weighted by Crippen LogP contribution is 2.23. The minimum atomic E-state index is -0.0537. The molecule has 104 valence electrons. The molecule has 0 atom stereocenters. The van der Waals surface area contributed by atoms with E-state index in [1.807, 2.05) is 18.2 Å². The van der Waals surface area contributed by atoms with Crippen LogP contribution < -0.4 is 5.32 Å². The molecule has 1 aromatic rings. The van der Waals surface area contributed by atoms with Crippen LogP contribution in [0.5, 0.6) is 0 Å². The van der Waals surface area contributed by atoms with Crippen LogP contribution in [0.15, 0.2) is 27.1 Å². The Labute approximate surface area is 129 Å². The average molecular weight is 392 g/mol. The van der Waals surface area contributed by atoms with E-state index in [1.165, 1.54) is 6.92 Å². The molecule has 0 saturated carbocycles. The SMILES string of the molecule is CC(=O)N(C)CCCC(=O)Nc1cc(Br)cc(Br)c1. The zero-order valence-corrected chi connectivity index (χ0v) is 14.0. The van der Waals surface area contributed by atoms with Gasteiger partial charge >= 0.3 is 0 Å². The van der Waals surface area contributed by atoms with Crippen molar-refractivity contribution in [3.63, 3.8) is 0 Å². The van der Waals surface area contributed by atoms with Crippen molar-refractivity contribution in [2.24, 2.45) is 0 Å². The molecule has 0 aliphatic rings. The fourth-order valence-corrected chi connectivity index (χ4v) is 2.78. The number of carbonyl (C=O) groups is 2. The first-order valence-corrected chi connectivity index (χ1v) is 7.44. The maximum absolute atomic E-state index is 11.7. The van der Waals surface area contributed by atoms with Gasteiger partial charge in [-0.3, -0.25) is 9.59 Å². The lowest BCUT2D eigenvalue weighted by molar-refractivity contribution is -0.128. The molecule has 0 heterocycles. The molecule has 2 amide bonds. The van der Waals surface area contributed by atoms with Gasteiger partial charge in [0.1, 0.15) is 0 Å². The van der Waals surface area contributed by atoms with Crippen molar-refractivity contribution in [2.45, 2.75) is 19.8 Å². The average Bonchev–Trinajstić information content (AvgIpc) is 2.26. The first-order chi connectivity index (χ1) is 8.88. The highest BCUT2D eigenvalue weighted by Gasteiger charge is 2.06. The predicted molar refractivity (Wildman–Crippen MR) is 83.0 cm³/mol. The third kappa shape index (κ3) is 6.20. The maximum atomic E-state index is 11.7. The summed E-state index contributed by atoms with van der Waals surface area (Å²) in [5, 5.41) is 2.82. The van der Waals surface area contributed by atoms with Crippen LogP contribution in [0.1, 0.15) is 19.8 Å². The summed E-state index contributed by atoms with van der Waals surface area (Å²) >= 11 is 6.73. The summed E-state index contributed by atoms with van der Waals surface area (Å²) in [4.78, 5) is 24.3. The molecule has 0 bridgehead atoms. The molecule has 0 aliphatic carbocycles. The summed E-state index contributed by atoms with van der Waals surface area (Å²) in [6.07, 6.45) is 1.04. The van der Waals surface area contributed by atoms with Crippen molar-refractivity contribution in [3.8, 4) is 0 Å². The Morgan fingerprint density at radius 3 is 2.32 bits per heavy atom. The number of hydrogen-bond acceptors (Lipinski definition) is 2. The molecule has 1 N–H and O–H groups in total. The van der Waals surface area contributed by atoms with Crippen LogP contribution in [0.4, 0.5) is 5.69 Å². The van der Waals surface area contributed by atoms with E-state index in [1.54, 1.807) is 11.9 Å². The number of nitrogens with one attached hydrogen (secondary N) is 1. The van der Waals surface area contributed by atoms with Crippen LogP contribution >= 0.6 is 31.9 Å². The van der Waals surface area contributed by atoms with Crippen LogP contribution in [0, 0.1) is 0 Å². The molecule has 0 aromatic heterocycles. The molecule has 1 aromatic carbocycles. The second kappa shape index (κ2) is 7.65. The van der Waals surface area contributed by atoms with Crippen LogP contribution in [0.2, 0.25) is 0 Å². The molecule has 0 unspecified atom stereocenters. The second-order valence-corrected chi connectivity index (χ2v) is 6.08. The van der Waals surface area contributed by atoms with E-state index in [2.05, 4.69) is 37.2 Å². The zero-order chi connectivity index (χ0) is 14.4. The van der Waals surface area contributed by atoms with Gasteiger partial charge in [0.25, 0.3) is 0 Å². The molecule has 0 spiro atoms. The van der Waals surface area contributed by atoms with Crippen LogP contribution in [-0.2, 0) is 9.59 Å². The van der Waals surface area contributed by atoms with Gasteiger partial charge in [-0.05, 0) is 24.6 Å². The van der Waals surface area contributed by atoms with Gasteiger partial charge in [-0.15, -0.1) is 0 Å². The Balaban J connectivity index is 2.41. The lowest BCUT2D eigenvalue weighted by Gasteiger charge is -2.14. The summed E-state index contributed by atoms with van der Waals surface area (Å²) in [6, 6.07) is 5.58. The Morgan fingerprint density at radius 2 is 1.79 bits per heavy atom. The molecule has 0 aliphatic heterocycles. The maximum Gasteiger partial charge on any atom is 0.224 e. The number of benzene rings is 1. The topological polar surface area (TPSA) is 49.4 Å². The van der Waals surface area contributed by atoms with Crippen LogP contribution in [0.3, 0.4) is 0 Å². The smallest absolute Gasteiger partial charge is 0.224 e. The monoisotopic (exact) mass is 390 g/mol. The summed E-state index contributed by atoms with van der Waals surface area (Å²) in [5.74, 6) is -0.0433. The Kier molecular flexibility index (Phi) is 6.51. The zero-order valence-electron chi connectivity index (χ0n) is 10.9. The Hall–Kier alpha value is -0.880.